The fourth-order valence-corrected chi connectivity index (χ4v) is 5.02. The lowest BCUT2D eigenvalue weighted by atomic mass is 10.1. The average Bonchev–Trinajstić information content (AvgIpc) is 3.46. The van der Waals surface area contributed by atoms with Crippen molar-refractivity contribution in [2.75, 3.05) is 11.2 Å². The van der Waals surface area contributed by atoms with E-state index in [9.17, 15) is 4.79 Å². The zero-order chi connectivity index (χ0) is 24.0. The van der Waals surface area contributed by atoms with E-state index in [0.29, 0.717) is 11.1 Å². The van der Waals surface area contributed by atoms with Crippen LogP contribution in [0.1, 0.15) is 25.2 Å². The molecule has 0 bridgehead atoms. The summed E-state index contributed by atoms with van der Waals surface area (Å²) >= 11 is 1.25. The second-order valence-electron chi connectivity index (χ2n) is 8.23. The number of rotatable bonds is 6. The lowest BCUT2D eigenvalue weighted by Gasteiger charge is -2.12. The van der Waals surface area contributed by atoms with Crippen molar-refractivity contribution >= 4 is 45.2 Å². The van der Waals surface area contributed by atoms with E-state index < -0.39 is 5.25 Å². The number of nitrogens with one attached hydrogen (secondary N) is 1. The number of carbonyl (C=O) groups is 1. The van der Waals surface area contributed by atoms with Crippen LogP contribution in [0.25, 0.3) is 27.8 Å². The van der Waals surface area contributed by atoms with Gasteiger partial charge < -0.3 is 15.7 Å². The van der Waals surface area contributed by atoms with Crippen LogP contribution in [0.2, 0.25) is 0 Å². The van der Waals surface area contributed by atoms with Crippen LogP contribution in [0, 0.1) is 13.8 Å². The summed E-state index contributed by atoms with van der Waals surface area (Å²) < 4.78 is 5.28. The second-order valence-corrected chi connectivity index (χ2v) is 9.54. The Hall–Kier alpha value is -3.79. The van der Waals surface area contributed by atoms with Gasteiger partial charge in [-0.2, -0.15) is 5.10 Å². The molecule has 0 aliphatic heterocycles. The first-order valence-corrected chi connectivity index (χ1v) is 12.0. The molecule has 0 unspecified atom stereocenters. The Labute approximate surface area is 200 Å². The number of nitrogens with two attached hydrogens (primary N) is 1. The van der Waals surface area contributed by atoms with Crippen LogP contribution in [0.4, 0.5) is 5.69 Å². The topological polar surface area (TPSA) is 109 Å². The summed E-state index contributed by atoms with van der Waals surface area (Å²) in [5.74, 6) is 6.48. The molecule has 2 aromatic carbocycles. The Balaban J connectivity index is 1.36. The van der Waals surface area contributed by atoms with Crippen LogP contribution in [-0.4, -0.2) is 40.4 Å². The fourth-order valence-electron chi connectivity index (χ4n) is 4.25. The smallest absolute Gasteiger partial charge is 0.271 e. The quantitative estimate of drug-likeness (QED) is 0.284. The van der Waals surface area contributed by atoms with Gasteiger partial charge in [-0.15, -0.1) is 10.2 Å². The van der Waals surface area contributed by atoms with Gasteiger partial charge in [0, 0.05) is 39.7 Å². The summed E-state index contributed by atoms with van der Waals surface area (Å²) in [4.78, 5) is 13.0. The zero-order valence-electron chi connectivity index (χ0n) is 19.5. The van der Waals surface area contributed by atoms with Crippen LogP contribution < -0.4 is 11.2 Å². The van der Waals surface area contributed by atoms with E-state index in [2.05, 4.69) is 50.3 Å². The number of aryl methyl sites for hydroxylation is 3. The number of nitrogen functional groups attached to an aromatic ring is 1. The van der Waals surface area contributed by atoms with Crippen molar-refractivity contribution in [1.82, 2.24) is 29.2 Å². The van der Waals surface area contributed by atoms with Crippen molar-refractivity contribution in [3.8, 4) is 5.95 Å². The van der Waals surface area contributed by atoms with E-state index in [0.717, 1.165) is 34.5 Å². The number of amides is 1. The molecule has 1 atom stereocenters. The molecular formula is C24H26N8OS. The van der Waals surface area contributed by atoms with Crippen molar-refractivity contribution < 1.29 is 4.79 Å². The molecular weight excluding hydrogens is 448 g/mol. The molecule has 5 rings (SSSR count). The van der Waals surface area contributed by atoms with E-state index in [1.165, 1.54) is 27.3 Å². The Morgan fingerprint density at radius 2 is 1.85 bits per heavy atom. The number of hydrogen-bond donors (Lipinski definition) is 2. The van der Waals surface area contributed by atoms with Gasteiger partial charge >= 0.3 is 0 Å². The number of para-hydroxylation sites is 1. The monoisotopic (exact) mass is 474 g/mol. The molecule has 0 saturated carbocycles. The van der Waals surface area contributed by atoms with E-state index in [4.69, 9.17) is 5.84 Å². The van der Waals surface area contributed by atoms with Gasteiger partial charge in [0.1, 0.15) is 0 Å². The third-order valence-corrected chi connectivity index (χ3v) is 6.91. The molecule has 0 fully saturated rings. The molecule has 3 aromatic heterocycles. The number of anilines is 1. The van der Waals surface area contributed by atoms with Crippen LogP contribution in [0.15, 0.2) is 53.7 Å². The predicted molar refractivity (Wildman–Crippen MR) is 136 cm³/mol. The molecule has 174 valence electrons. The van der Waals surface area contributed by atoms with E-state index in [-0.39, 0.29) is 5.91 Å². The molecule has 0 aliphatic rings. The third kappa shape index (κ3) is 3.69. The van der Waals surface area contributed by atoms with Crippen molar-refractivity contribution in [2.45, 2.75) is 44.6 Å². The van der Waals surface area contributed by atoms with Crippen molar-refractivity contribution in [3.63, 3.8) is 0 Å². The molecule has 5 aromatic rings. The Morgan fingerprint density at radius 1 is 1.09 bits per heavy atom. The van der Waals surface area contributed by atoms with E-state index in [1.807, 2.05) is 51.1 Å². The first kappa shape index (κ1) is 22.0. The van der Waals surface area contributed by atoms with Gasteiger partial charge in [0.15, 0.2) is 0 Å². The number of thioether (sulfide) groups is 1. The van der Waals surface area contributed by atoms with E-state index in [1.54, 1.807) is 4.68 Å². The highest BCUT2D eigenvalue weighted by Crippen LogP contribution is 2.31. The predicted octanol–water partition coefficient (Wildman–Crippen LogP) is 4.04. The van der Waals surface area contributed by atoms with Gasteiger partial charge in [-0.25, -0.2) is 9.36 Å². The van der Waals surface area contributed by atoms with Gasteiger partial charge in [-0.3, -0.25) is 4.79 Å². The summed E-state index contributed by atoms with van der Waals surface area (Å²) in [6.07, 6.45) is 0. The van der Waals surface area contributed by atoms with Crippen molar-refractivity contribution in [1.29, 1.82) is 0 Å². The van der Waals surface area contributed by atoms with Crippen LogP contribution in [0.5, 0.6) is 0 Å². The first-order chi connectivity index (χ1) is 16.4. The summed E-state index contributed by atoms with van der Waals surface area (Å²) in [5.41, 5.74) is 4.85. The summed E-state index contributed by atoms with van der Waals surface area (Å²) in [7, 11) is 0. The lowest BCUT2D eigenvalue weighted by molar-refractivity contribution is -0.115. The number of aromatic nitrogens is 6. The molecule has 0 aliphatic carbocycles. The number of benzene rings is 2. The van der Waals surface area contributed by atoms with Gasteiger partial charge in [0.05, 0.1) is 10.9 Å². The largest absolute Gasteiger partial charge is 0.341 e. The molecule has 3 heterocycles. The maximum atomic E-state index is 13.0. The molecule has 1 amide bonds. The molecule has 3 N–H and O–H groups in total. The van der Waals surface area contributed by atoms with Crippen LogP contribution in [-0.2, 0) is 11.3 Å². The standard InChI is InChI=1S/C24H26N8OS/c1-5-30-20-9-7-6-8-18(20)19-13-17(10-11-21(19)30)26-22(33)16(4)34-24-28-27-23(31(24)25)32-15(3)12-14(2)29-32/h6-13,16H,5,25H2,1-4H3,(H,26,33)/t16-/m1/s1. The number of nitrogens with zero attached hydrogens (tertiary/aromatic N) is 6. The molecule has 0 radical (unpaired) electrons. The minimum atomic E-state index is -0.438. The molecule has 10 heteroatoms. The fraction of sp³-hybridized carbons (Fsp3) is 0.250. The van der Waals surface area contributed by atoms with E-state index >= 15 is 0 Å². The molecule has 34 heavy (non-hydrogen) atoms. The Morgan fingerprint density at radius 3 is 2.59 bits per heavy atom. The lowest BCUT2D eigenvalue weighted by Crippen LogP contribution is -2.24. The maximum absolute atomic E-state index is 13.0. The zero-order valence-corrected chi connectivity index (χ0v) is 20.3. The van der Waals surface area contributed by atoms with Gasteiger partial charge in [0.25, 0.3) is 5.95 Å². The van der Waals surface area contributed by atoms with Crippen LogP contribution >= 0.6 is 11.8 Å². The van der Waals surface area contributed by atoms with Crippen molar-refractivity contribution in [2.24, 2.45) is 0 Å². The number of carbonyl (C=O) groups excluding carboxylic acids is 1. The highest BCUT2D eigenvalue weighted by atomic mass is 32.2. The summed E-state index contributed by atoms with van der Waals surface area (Å²) in [6, 6.07) is 16.3. The highest BCUT2D eigenvalue weighted by molar-refractivity contribution is 8.00. The Kier molecular flexibility index (Phi) is 5.52. The number of hydrogen-bond acceptors (Lipinski definition) is 6. The SMILES string of the molecule is CCn1c2ccccc2c2cc(NC(=O)[C@@H](C)Sc3nnc(-n4nc(C)cc4C)n3N)ccc21. The maximum Gasteiger partial charge on any atom is 0.271 e. The normalized spacial score (nSPS) is 12.5. The highest BCUT2D eigenvalue weighted by Gasteiger charge is 2.21. The first-order valence-electron chi connectivity index (χ1n) is 11.1. The average molecular weight is 475 g/mol. The Bertz CT molecular complexity index is 1530. The minimum Gasteiger partial charge on any atom is -0.341 e. The minimum absolute atomic E-state index is 0.140. The third-order valence-electron chi connectivity index (χ3n) is 5.85. The molecule has 9 nitrogen and oxygen atoms in total. The molecule has 0 spiro atoms. The summed E-state index contributed by atoms with van der Waals surface area (Å²) in [6.45, 7) is 8.66. The van der Waals surface area contributed by atoms with Crippen LogP contribution in [0.3, 0.4) is 0 Å². The van der Waals surface area contributed by atoms with Gasteiger partial charge in [-0.05, 0) is 58.0 Å². The van der Waals surface area contributed by atoms with Crippen molar-refractivity contribution in [3.05, 3.63) is 59.9 Å². The number of fused-ring (bicyclic) bond motifs is 3. The molecule has 0 saturated heterocycles. The van der Waals surface area contributed by atoms with Gasteiger partial charge in [0.2, 0.25) is 11.1 Å². The second kappa shape index (κ2) is 8.53. The van der Waals surface area contributed by atoms with Gasteiger partial charge in [-0.1, -0.05) is 30.0 Å². The summed E-state index contributed by atoms with van der Waals surface area (Å²) in [5, 5.41) is 18.1.